The van der Waals surface area contributed by atoms with E-state index in [2.05, 4.69) is 0 Å². The maximum absolute atomic E-state index is 11.6. The summed E-state index contributed by atoms with van der Waals surface area (Å²) in [6.45, 7) is 0.760. The van der Waals surface area contributed by atoms with Crippen molar-refractivity contribution in [2.45, 2.75) is 6.42 Å². The third kappa shape index (κ3) is 3.43. The number of nitro benzene ring substituents is 1. The fraction of sp³-hybridized carbons (Fsp3) is 0.364. The van der Waals surface area contributed by atoms with E-state index in [1.165, 1.54) is 29.2 Å². The van der Waals surface area contributed by atoms with Crippen LogP contribution in [0.1, 0.15) is 16.8 Å². The standard InChI is InChI=1S/C11H14N2O3/c1-12(2)8-7-11(14)9-3-5-10(6-4-9)13(15)16/h3-6H,7-8H2,1-2H3/p+1. The normalized spacial score (nSPS) is 10.4. The number of nitrogens with zero attached hydrogens (tertiary/aromatic N) is 1. The van der Waals surface area contributed by atoms with Gasteiger partial charge in [0, 0.05) is 17.7 Å². The Morgan fingerprint density at radius 2 is 1.88 bits per heavy atom. The van der Waals surface area contributed by atoms with Gasteiger partial charge >= 0.3 is 0 Å². The smallest absolute Gasteiger partial charge is 0.269 e. The fourth-order valence-electron chi connectivity index (χ4n) is 1.28. The molecule has 0 aliphatic carbocycles. The summed E-state index contributed by atoms with van der Waals surface area (Å²) in [5.74, 6) is 0.0242. The molecule has 0 unspecified atom stereocenters. The Morgan fingerprint density at radius 3 is 2.31 bits per heavy atom. The number of carbonyl (C=O) groups excluding carboxylic acids is 1. The summed E-state index contributed by atoms with van der Waals surface area (Å²) in [5.41, 5.74) is 0.543. The number of hydrogen-bond acceptors (Lipinski definition) is 3. The first-order valence-corrected chi connectivity index (χ1v) is 5.07. The lowest BCUT2D eigenvalue weighted by Gasteiger charge is -2.05. The van der Waals surface area contributed by atoms with Crippen LogP contribution in [-0.2, 0) is 0 Å². The van der Waals surface area contributed by atoms with Gasteiger partial charge in [-0.2, -0.15) is 0 Å². The van der Waals surface area contributed by atoms with Crippen molar-refractivity contribution in [2.75, 3.05) is 20.6 Å². The number of ketones is 1. The van der Waals surface area contributed by atoms with Gasteiger partial charge in [0.05, 0.1) is 32.0 Å². The number of nitro groups is 1. The van der Waals surface area contributed by atoms with Gasteiger partial charge in [0.2, 0.25) is 0 Å². The number of hydrogen-bond donors (Lipinski definition) is 1. The number of carbonyl (C=O) groups is 1. The Bertz CT molecular complexity index is 385. The summed E-state index contributed by atoms with van der Waals surface area (Å²) in [6.07, 6.45) is 0.458. The maximum Gasteiger partial charge on any atom is 0.269 e. The minimum atomic E-state index is -0.474. The zero-order valence-corrected chi connectivity index (χ0v) is 9.40. The van der Waals surface area contributed by atoms with E-state index in [1.807, 2.05) is 14.1 Å². The van der Waals surface area contributed by atoms with Gasteiger partial charge in [-0.3, -0.25) is 14.9 Å². The second-order valence-electron chi connectivity index (χ2n) is 3.93. The molecule has 0 radical (unpaired) electrons. The molecule has 1 aromatic rings. The van der Waals surface area contributed by atoms with Crippen LogP contribution in [0, 0.1) is 10.1 Å². The van der Waals surface area contributed by atoms with E-state index in [1.54, 1.807) is 0 Å². The Balaban J connectivity index is 2.67. The zero-order chi connectivity index (χ0) is 12.1. The van der Waals surface area contributed by atoms with E-state index in [4.69, 9.17) is 0 Å². The number of non-ortho nitro benzene ring substituents is 1. The molecule has 0 spiro atoms. The quantitative estimate of drug-likeness (QED) is 0.444. The lowest BCUT2D eigenvalue weighted by Crippen LogP contribution is -3.05. The van der Waals surface area contributed by atoms with Crippen molar-refractivity contribution in [3.05, 3.63) is 39.9 Å². The highest BCUT2D eigenvalue weighted by atomic mass is 16.6. The Labute approximate surface area is 93.8 Å². The minimum absolute atomic E-state index is 0.00906. The molecule has 0 amide bonds. The molecule has 0 fully saturated rings. The SMILES string of the molecule is C[NH+](C)CCC(=O)c1ccc([N+](=O)[O-])cc1. The number of rotatable bonds is 5. The van der Waals surface area contributed by atoms with Crippen LogP contribution >= 0.6 is 0 Å². The number of nitrogens with one attached hydrogen (secondary N) is 1. The Morgan fingerprint density at radius 1 is 1.31 bits per heavy atom. The first-order valence-electron chi connectivity index (χ1n) is 5.07. The third-order valence-electron chi connectivity index (χ3n) is 2.25. The van der Waals surface area contributed by atoms with Crippen LogP contribution in [0.5, 0.6) is 0 Å². The lowest BCUT2D eigenvalue weighted by atomic mass is 10.1. The van der Waals surface area contributed by atoms with Crippen molar-refractivity contribution < 1.29 is 14.6 Å². The maximum atomic E-state index is 11.6. The zero-order valence-electron chi connectivity index (χ0n) is 9.40. The highest BCUT2D eigenvalue weighted by molar-refractivity contribution is 5.96. The minimum Gasteiger partial charge on any atom is -0.339 e. The van der Waals surface area contributed by atoms with Gasteiger partial charge < -0.3 is 4.90 Å². The van der Waals surface area contributed by atoms with Crippen molar-refractivity contribution in [2.24, 2.45) is 0 Å². The molecule has 0 bridgehead atoms. The van der Waals surface area contributed by atoms with Crippen molar-refractivity contribution in [1.29, 1.82) is 0 Å². The number of benzene rings is 1. The second-order valence-corrected chi connectivity index (χ2v) is 3.93. The molecule has 1 N–H and O–H groups in total. The summed E-state index contributed by atoms with van der Waals surface area (Å²) in [7, 11) is 3.95. The molecule has 1 rings (SSSR count). The van der Waals surface area contributed by atoms with Crippen LogP contribution in [-0.4, -0.2) is 31.3 Å². The van der Waals surface area contributed by atoms with Gasteiger partial charge in [-0.25, -0.2) is 0 Å². The first-order chi connectivity index (χ1) is 7.50. The van der Waals surface area contributed by atoms with Crippen LogP contribution in [0.3, 0.4) is 0 Å². The number of Topliss-reactive ketones (excluding diaryl/α,β-unsaturated/α-hetero) is 1. The average molecular weight is 223 g/mol. The van der Waals surface area contributed by atoms with Crippen molar-refractivity contribution in [3.8, 4) is 0 Å². The van der Waals surface area contributed by atoms with Crippen LogP contribution in [0.25, 0.3) is 0 Å². The molecular weight excluding hydrogens is 208 g/mol. The number of quaternary nitrogens is 1. The lowest BCUT2D eigenvalue weighted by molar-refractivity contribution is -0.857. The van der Waals surface area contributed by atoms with Crippen molar-refractivity contribution in [1.82, 2.24) is 0 Å². The second kappa shape index (κ2) is 5.37. The van der Waals surface area contributed by atoms with Gasteiger partial charge in [-0.05, 0) is 12.1 Å². The van der Waals surface area contributed by atoms with E-state index in [0.717, 1.165) is 6.54 Å². The summed E-state index contributed by atoms with van der Waals surface area (Å²) in [5, 5.41) is 10.4. The molecule has 5 heteroatoms. The predicted octanol–water partition coefficient (Wildman–Crippen LogP) is 0.312. The summed E-state index contributed by atoms with van der Waals surface area (Å²) in [6, 6.07) is 5.72. The largest absolute Gasteiger partial charge is 0.339 e. The van der Waals surface area contributed by atoms with Gasteiger partial charge in [0.15, 0.2) is 5.78 Å². The predicted molar refractivity (Wildman–Crippen MR) is 59.7 cm³/mol. The molecular formula is C11H15N2O3+. The molecule has 0 heterocycles. The van der Waals surface area contributed by atoms with Crippen molar-refractivity contribution in [3.63, 3.8) is 0 Å². The molecule has 0 saturated carbocycles. The summed E-state index contributed by atoms with van der Waals surface area (Å²) >= 11 is 0. The van der Waals surface area contributed by atoms with Crippen molar-refractivity contribution >= 4 is 11.5 Å². The molecule has 16 heavy (non-hydrogen) atoms. The van der Waals surface area contributed by atoms with E-state index in [9.17, 15) is 14.9 Å². The van der Waals surface area contributed by atoms with Crippen LogP contribution in [0.2, 0.25) is 0 Å². The van der Waals surface area contributed by atoms with E-state index >= 15 is 0 Å². The molecule has 86 valence electrons. The molecule has 5 nitrogen and oxygen atoms in total. The van der Waals surface area contributed by atoms with Gasteiger partial charge in [0.1, 0.15) is 0 Å². The molecule has 0 aliphatic heterocycles. The van der Waals surface area contributed by atoms with E-state index < -0.39 is 4.92 Å². The molecule has 0 aliphatic rings. The molecule has 0 saturated heterocycles. The monoisotopic (exact) mass is 223 g/mol. The first kappa shape index (κ1) is 12.3. The molecule has 0 atom stereocenters. The molecule has 1 aromatic carbocycles. The Hall–Kier alpha value is -1.75. The third-order valence-corrected chi connectivity index (χ3v) is 2.25. The van der Waals surface area contributed by atoms with E-state index in [-0.39, 0.29) is 11.5 Å². The Kier molecular flexibility index (Phi) is 4.13. The fourth-order valence-corrected chi connectivity index (χ4v) is 1.28. The highest BCUT2D eigenvalue weighted by Gasteiger charge is 2.10. The van der Waals surface area contributed by atoms with Gasteiger partial charge in [-0.15, -0.1) is 0 Å². The van der Waals surface area contributed by atoms with Crippen LogP contribution < -0.4 is 4.90 Å². The summed E-state index contributed by atoms with van der Waals surface area (Å²) < 4.78 is 0. The topological polar surface area (TPSA) is 64.7 Å². The van der Waals surface area contributed by atoms with Crippen LogP contribution in [0.4, 0.5) is 5.69 Å². The van der Waals surface area contributed by atoms with E-state index in [0.29, 0.717) is 12.0 Å². The highest BCUT2D eigenvalue weighted by Crippen LogP contribution is 2.12. The molecule has 0 aromatic heterocycles. The summed E-state index contributed by atoms with van der Waals surface area (Å²) in [4.78, 5) is 22.8. The van der Waals surface area contributed by atoms with Crippen LogP contribution in [0.15, 0.2) is 24.3 Å². The van der Waals surface area contributed by atoms with Gasteiger partial charge in [0.25, 0.3) is 5.69 Å². The van der Waals surface area contributed by atoms with Gasteiger partial charge in [-0.1, -0.05) is 0 Å². The average Bonchev–Trinajstić information content (AvgIpc) is 2.26.